The van der Waals surface area contributed by atoms with Crippen LogP contribution in [0.15, 0.2) is 5.16 Å². The molecule has 22 heavy (non-hydrogen) atoms. The van der Waals surface area contributed by atoms with Gasteiger partial charge in [-0.1, -0.05) is 18.7 Å². The van der Waals surface area contributed by atoms with Crippen LogP contribution in [0.5, 0.6) is 0 Å². The molecule has 1 amide bonds. The number of hydrogen-bond acceptors (Lipinski definition) is 6. The molecule has 0 fully saturated rings. The maximum atomic E-state index is 11.0. The highest BCUT2D eigenvalue weighted by molar-refractivity contribution is 7.99. The molecule has 0 bridgehead atoms. The Bertz CT molecular complexity index is 898. The van der Waals surface area contributed by atoms with Crippen molar-refractivity contribution in [2.45, 2.75) is 37.8 Å². The van der Waals surface area contributed by atoms with Gasteiger partial charge in [-0.15, -0.1) is 21.5 Å². The van der Waals surface area contributed by atoms with Gasteiger partial charge in [-0.2, -0.15) is 0 Å². The van der Waals surface area contributed by atoms with Gasteiger partial charge >= 0.3 is 0 Å². The van der Waals surface area contributed by atoms with Gasteiger partial charge in [-0.25, -0.2) is 4.98 Å². The highest BCUT2D eigenvalue weighted by atomic mass is 32.2. The SMILES string of the molecule is CCc1nc2sc3c(c2c2nnc(SCC(N)=O)n12)CCC3. The van der Waals surface area contributed by atoms with Crippen LogP contribution in [0.4, 0.5) is 0 Å². The summed E-state index contributed by atoms with van der Waals surface area (Å²) in [6, 6.07) is 0. The minimum Gasteiger partial charge on any atom is -0.369 e. The first-order chi connectivity index (χ1) is 10.7. The van der Waals surface area contributed by atoms with E-state index in [0.717, 1.165) is 41.0 Å². The molecule has 0 unspecified atom stereocenters. The van der Waals surface area contributed by atoms with Crippen molar-refractivity contribution < 1.29 is 4.79 Å². The number of nitrogens with zero attached hydrogens (tertiary/aromatic N) is 4. The lowest BCUT2D eigenvalue weighted by molar-refractivity contribution is -0.115. The van der Waals surface area contributed by atoms with Gasteiger partial charge in [-0.3, -0.25) is 9.20 Å². The number of primary amides is 1. The second-order valence-corrected chi connectivity index (χ2v) is 7.34. The summed E-state index contributed by atoms with van der Waals surface area (Å²) in [5.74, 6) is 0.772. The molecule has 114 valence electrons. The van der Waals surface area contributed by atoms with Crippen LogP contribution in [-0.2, 0) is 24.1 Å². The van der Waals surface area contributed by atoms with Crippen LogP contribution in [0.2, 0.25) is 0 Å². The summed E-state index contributed by atoms with van der Waals surface area (Å²) in [4.78, 5) is 18.4. The van der Waals surface area contributed by atoms with E-state index >= 15 is 0 Å². The molecule has 3 aromatic heterocycles. The smallest absolute Gasteiger partial charge is 0.227 e. The zero-order valence-corrected chi connectivity index (χ0v) is 13.8. The van der Waals surface area contributed by atoms with Gasteiger partial charge in [0.25, 0.3) is 0 Å². The first-order valence-corrected chi connectivity index (χ1v) is 9.08. The highest BCUT2D eigenvalue weighted by Gasteiger charge is 2.24. The molecule has 4 rings (SSSR count). The molecule has 0 radical (unpaired) electrons. The van der Waals surface area contributed by atoms with Gasteiger partial charge in [0.05, 0.1) is 11.1 Å². The molecule has 1 aliphatic carbocycles. The Balaban J connectivity index is 1.98. The van der Waals surface area contributed by atoms with Crippen molar-refractivity contribution in [3.05, 3.63) is 16.3 Å². The number of thioether (sulfide) groups is 1. The molecule has 0 saturated carbocycles. The minimum atomic E-state index is -0.356. The van der Waals surface area contributed by atoms with Crippen molar-refractivity contribution >= 4 is 44.9 Å². The molecule has 0 spiro atoms. The van der Waals surface area contributed by atoms with E-state index in [1.807, 2.05) is 4.40 Å². The summed E-state index contributed by atoms with van der Waals surface area (Å²) in [6.07, 6.45) is 4.23. The lowest BCUT2D eigenvalue weighted by Crippen LogP contribution is -2.13. The van der Waals surface area contributed by atoms with Gasteiger partial charge in [-0.05, 0) is 24.8 Å². The number of thiophene rings is 1. The Kier molecular flexibility index (Phi) is 3.30. The zero-order valence-electron chi connectivity index (χ0n) is 12.1. The van der Waals surface area contributed by atoms with Gasteiger partial charge in [0.1, 0.15) is 10.7 Å². The normalized spacial score (nSPS) is 14.0. The maximum absolute atomic E-state index is 11.0. The van der Waals surface area contributed by atoms with Crippen molar-refractivity contribution in [1.82, 2.24) is 19.6 Å². The van der Waals surface area contributed by atoms with Crippen LogP contribution in [0, 0.1) is 0 Å². The average Bonchev–Trinajstić information content (AvgIpc) is 3.16. The summed E-state index contributed by atoms with van der Waals surface area (Å²) in [5.41, 5.74) is 7.50. The van der Waals surface area contributed by atoms with E-state index in [2.05, 4.69) is 17.1 Å². The molecule has 0 saturated heterocycles. The topological polar surface area (TPSA) is 86.2 Å². The van der Waals surface area contributed by atoms with Crippen molar-refractivity contribution in [3.8, 4) is 0 Å². The van der Waals surface area contributed by atoms with E-state index in [4.69, 9.17) is 10.7 Å². The summed E-state index contributed by atoms with van der Waals surface area (Å²) in [6.45, 7) is 2.07. The highest BCUT2D eigenvalue weighted by Crippen LogP contribution is 2.39. The van der Waals surface area contributed by atoms with Crippen LogP contribution in [-0.4, -0.2) is 31.2 Å². The second-order valence-electron chi connectivity index (χ2n) is 5.32. The van der Waals surface area contributed by atoms with Crippen molar-refractivity contribution in [3.63, 3.8) is 0 Å². The van der Waals surface area contributed by atoms with Crippen molar-refractivity contribution in [1.29, 1.82) is 0 Å². The summed E-state index contributed by atoms with van der Waals surface area (Å²) in [5, 5.41) is 10.5. The van der Waals surface area contributed by atoms with Gasteiger partial charge < -0.3 is 5.73 Å². The van der Waals surface area contributed by atoms with E-state index in [9.17, 15) is 4.79 Å². The lowest BCUT2D eigenvalue weighted by Gasteiger charge is -2.06. The van der Waals surface area contributed by atoms with E-state index in [1.54, 1.807) is 11.3 Å². The Hall–Kier alpha value is -1.67. The Morgan fingerprint density at radius 3 is 3.05 bits per heavy atom. The molecule has 0 aliphatic heterocycles. The van der Waals surface area contributed by atoms with Crippen LogP contribution in [0.25, 0.3) is 15.9 Å². The largest absolute Gasteiger partial charge is 0.369 e. The molecule has 0 atom stereocenters. The lowest BCUT2D eigenvalue weighted by atomic mass is 10.2. The van der Waals surface area contributed by atoms with Crippen LogP contribution < -0.4 is 5.73 Å². The predicted octanol–water partition coefficient (Wildman–Crippen LogP) is 1.97. The third-order valence-electron chi connectivity index (χ3n) is 3.91. The monoisotopic (exact) mass is 333 g/mol. The number of amides is 1. The van der Waals surface area contributed by atoms with Crippen LogP contribution in [0.3, 0.4) is 0 Å². The van der Waals surface area contributed by atoms with Gasteiger partial charge in [0.2, 0.25) is 5.91 Å². The Labute approximate surface area is 135 Å². The fraction of sp³-hybridized carbons (Fsp3) is 0.429. The van der Waals surface area contributed by atoms with E-state index in [1.165, 1.54) is 28.6 Å². The number of rotatable bonds is 4. The number of aryl methyl sites for hydroxylation is 3. The quantitative estimate of drug-likeness (QED) is 0.738. The molecule has 6 nitrogen and oxygen atoms in total. The number of fused-ring (bicyclic) bond motifs is 5. The van der Waals surface area contributed by atoms with Crippen LogP contribution >= 0.6 is 23.1 Å². The molecule has 2 N–H and O–H groups in total. The first kappa shape index (κ1) is 14.0. The average molecular weight is 333 g/mol. The first-order valence-electron chi connectivity index (χ1n) is 7.28. The number of hydrogen-bond donors (Lipinski definition) is 1. The van der Waals surface area contributed by atoms with E-state index in [-0.39, 0.29) is 11.7 Å². The summed E-state index contributed by atoms with van der Waals surface area (Å²) < 4.78 is 1.99. The minimum absolute atomic E-state index is 0.198. The third-order valence-corrected chi connectivity index (χ3v) is 6.05. The molecular weight excluding hydrogens is 318 g/mol. The fourth-order valence-corrected chi connectivity index (χ4v) is 4.96. The molecule has 1 aliphatic rings. The Morgan fingerprint density at radius 2 is 2.27 bits per heavy atom. The standard InChI is InChI=1S/C14H15N5OS2/c1-2-10-16-13-11(7-4-3-5-8(7)22-13)12-17-18-14(19(10)12)21-6-9(15)20/h2-6H2,1H3,(H2,15,20). The second kappa shape index (κ2) is 5.20. The van der Waals surface area contributed by atoms with E-state index < -0.39 is 0 Å². The summed E-state index contributed by atoms with van der Waals surface area (Å²) in [7, 11) is 0. The zero-order chi connectivity index (χ0) is 15.3. The molecule has 0 aromatic carbocycles. The van der Waals surface area contributed by atoms with Gasteiger partial charge in [0.15, 0.2) is 10.8 Å². The molecule has 3 aromatic rings. The number of carbonyl (C=O) groups is 1. The summed E-state index contributed by atoms with van der Waals surface area (Å²) >= 11 is 3.10. The number of aromatic nitrogens is 4. The maximum Gasteiger partial charge on any atom is 0.227 e. The number of carbonyl (C=O) groups excluding carboxylic acids is 1. The van der Waals surface area contributed by atoms with Crippen molar-refractivity contribution in [2.75, 3.05) is 5.75 Å². The fourth-order valence-electron chi connectivity index (χ4n) is 3.00. The third kappa shape index (κ3) is 2.01. The molecular formula is C14H15N5OS2. The number of nitrogens with two attached hydrogens (primary N) is 1. The van der Waals surface area contributed by atoms with Crippen molar-refractivity contribution in [2.24, 2.45) is 5.73 Å². The molecule has 8 heteroatoms. The van der Waals surface area contributed by atoms with Gasteiger partial charge in [0, 0.05) is 11.3 Å². The Morgan fingerprint density at radius 1 is 1.41 bits per heavy atom. The predicted molar refractivity (Wildman–Crippen MR) is 87.5 cm³/mol. The van der Waals surface area contributed by atoms with Crippen LogP contribution in [0.1, 0.15) is 29.6 Å². The van der Waals surface area contributed by atoms with E-state index in [0.29, 0.717) is 5.16 Å². The molecule has 3 heterocycles.